The summed E-state index contributed by atoms with van der Waals surface area (Å²) in [5.41, 5.74) is 2.34. The number of carbonyl (C=O) groups is 1. The first kappa shape index (κ1) is 19.1. The van der Waals surface area contributed by atoms with Crippen LogP contribution in [0.25, 0.3) is 0 Å². The van der Waals surface area contributed by atoms with Gasteiger partial charge in [0.2, 0.25) is 0 Å². The monoisotopic (exact) mass is 383 g/mol. The van der Waals surface area contributed by atoms with Gasteiger partial charge in [-0.25, -0.2) is 0 Å². The summed E-state index contributed by atoms with van der Waals surface area (Å²) in [6.45, 7) is 2.94. The Morgan fingerprint density at radius 3 is 2.48 bits per heavy atom. The average Bonchev–Trinajstić information content (AvgIpc) is 3.19. The fourth-order valence-electron chi connectivity index (χ4n) is 2.72. The molecule has 0 atom stereocenters. The van der Waals surface area contributed by atoms with Gasteiger partial charge in [0, 0.05) is 11.6 Å². The molecule has 3 aromatic rings. The number of halogens is 1. The van der Waals surface area contributed by atoms with Gasteiger partial charge in [0.05, 0.1) is 12.8 Å². The van der Waals surface area contributed by atoms with Crippen molar-refractivity contribution < 1.29 is 13.9 Å². The number of furan rings is 1. The van der Waals surface area contributed by atoms with E-state index in [1.165, 1.54) is 5.56 Å². The van der Waals surface area contributed by atoms with Crippen LogP contribution < -0.4 is 4.74 Å². The average molecular weight is 384 g/mol. The number of nitrogens with zero attached hydrogens (tertiary/aromatic N) is 1. The molecule has 1 aromatic heterocycles. The number of hydrogen-bond donors (Lipinski definition) is 0. The fraction of sp³-hybridized carbons (Fsp3) is 0.227. The standard InChI is InChI=1S/C22H22ClNO3/c1-2-17-8-10-18(11-9-17)14-24(15-21-7-4-12-26-21)22(25)16-27-20-6-3-5-19(23)13-20/h3-13H,2,14-16H2,1H3. The molecule has 0 unspecified atom stereocenters. The molecule has 0 N–H and O–H groups in total. The van der Waals surface area contributed by atoms with Crippen LogP contribution in [0.2, 0.25) is 5.02 Å². The molecule has 0 saturated heterocycles. The van der Waals surface area contributed by atoms with E-state index in [4.69, 9.17) is 20.8 Å². The summed E-state index contributed by atoms with van der Waals surface area (Å²) in [5, 5.41) is 0.573. The molecule has 0 aliphatic carbocycles. The number of benzene rings is 2. The predicted octanol–water partition coefficient (Wildman–Crippen LogP) is 5.10. The van der Waals surface area contributed by atoms with Gasteiger partial charge < -0.3 is 14.1 Å². The topological polar surface area (TPSA) is 42.7 Å². The Morgan fingerprint density at radius 1 is 1.04 bits per heavy atom. The zero-order valence-electron chi connectivity index (χ0n) is 15.2. The molecule has 4 nitrogen and oxygen atoms in total. The lowest BCUT2D eigenvalue weighted by Gasteiger charge is -2.22. The minimum absolute atomic E-state index is 0.0614. The molecule has 1 amide bonds. The van der Waals surface area contributed by atoms with Crippen molar-refractivity contribution in [1.29, 1.82) is 0 Å². The van der Waals surface area contributed by atoms with Crippen molar-refractivity contribution in [2.45, 2.75) is 26.4 Å². The van der Waals surface area contributed by atoms with E-state index >= 15 is 0 Å². The molecule has 0 bridgehead atoms. The van der Waals surface area contributed by atoms with Crippen molar-refractivity contribution in [3.8, 4) is 5.75 Å². The molecule has 140 valence electrons. The molecule has 0 spiro atoms. The van der Waals surface area contributed by atoms with E-state index in [1.54, 1.807) is 35.4 Å². The van der Waals surface area contributed by atoms with E-state index in [1.807, 2.05) is 12.1 Å². The maximum absolute atomic E-state index is 12.8. The second-order valence-corrected chi connectivity index (χ2v) is 6.68. The van der Waals surface area contributed by atoms with E-state index in [2.05, 4.69) is 31.2 Å². The van der Waals surface area contributed by atoms with Gasteiger partial charge in [-0.3, -0.25) is 4.79 Å². The summed E-state index contributed by atoms with van der Waals surface area (Å²) in [6.07, 6.45) is 2.60. The highest BCUT2D eigenvalue weighted by Gasteiger charge is 2.17. The summed E-state index contributed by atoms with van der Waals surface area (Å²) < 4.78 is 11.0. The van der Waals surface area contributed by atoms with Gasteiger partial charge in [0.25, 0.3) is 5.91 Å². The van der Waals surface area contributed by atoms with Crippen LogP contribution in [0.5, 0.6) is 5.75 Å². The van der Waals surface area contributed by atoms with Gasteiger partial charge >= 0.3 is 0 Å². The Balaban J connectivity index is 1.68. The van der Waals surface area contributed by atoms with E-state index in [0.29, 0.717) is 23.9 Å². The second kappa shape index (κ2) is 9.28. The van der Waals surface area contributed by atoms with Crippen LogP contribution in [-0.4, -0.2) is 17.4 Å². The highest BCUT2D eigenvalue weighted by molar-refractivity contribution is 6.30. The Labute approximate surface area is 164 Å². The van der Waals surface area contributed by atoms with Gasteiger partial charge in [-0.15, -0.1) is 0 Å². The minimum Gasteiger partial charge on any atom is -0.484 e. The largest absolute Gasteiger partial charge is 0.484 e. The van der Waals surface area contributed by atoms with E-state index in [0.717, 1.165) is 17.7 Å². The number of aryl methyl sites for hydroxylation is 1. The molecule has 27 heavy (non-hydrogen) atoms. The smallest absolute Gasteiger partial charge is 0.261 e. The number of ether oxygens (including phenoxy) is 1. The first-order valence-electron chi connectivity index (χ1n) is 8.90. The number of rotatable bonds is 8. The van der Waals surface area contributed by atoms with Crippen molar-refractivity contribution in [3.05, 3.63) is 88.8 Å². The predicted molar refractivity (Wildman–Crippen MR) is 106 cm³/mol. The van der Waals surface area contributed by atoms with Crippen molar-refractivity contribution in [1.82, 2.24) is 4.90 Å². The molecule has 0 aliphatic rings. The third-order valence-electron chi connectivity index (χ3n) is 4.24. The van der Waals surface area contributed by atoms with Crippen molar-refractivity contribution in [2.24, 2.45) is 0 Å². The second-order valence-electron chi connectivity index (χ2n) is 6.25. The van der Waals surface area contributed by atoms with Crippen LogP contribution in [0, 0.1) is 0 Å². The molecular formula is C22H22ClNO3. The molecule has 2 aromatic carbocycles. The third-order valence-corrected chi connectivity index (χ3v) is 4.48. The Bertz CT molecular complexity index is 860. The molecule has 0 aliphatic heterocycles. The maximum Gasteiger partial charge on any atom is 0.261 e. The van der Waals surface area contributed by atoms with Crippen molar-refractivity contribution >= 4 is 17.5 Å². The van der Waals surface area contributed by atoms with Gasteiger partial charge in [0.15, 0.2) is 6.61 Å². The highest BCUT2D eigenvalue weighted by atomic mass is 35.5. The van der Waals surface area contributed by atoms with Crippen LogP contribution in [0.4, 0.5) is 0 Å². The zero-order chi connectivity index (χ0) is 19.1. The summed E-state index contributed by atoms with van der Waals surface area (Å²) in [4.78, 5) is 14.5. The Hall–Kier alpha value is -2.72. The molecule has 3 rings (SSSR count). The number of carbonyl (C=O) groups excluding carboxylic acids is 1. The van der Waals surface area contributed by atoms with Gasteiger partial charge in [0.1, 0.15) is 11.5 Å². The zero-order valence-corrected chi connectivity index (χ0v) is 16.0. The summed E-state index contributed by atoms with van der Waals surface area (Å²) in [7, 11) is 0. The van der Waals surface area contributed by atoms with E-state index in [9.17, 15) is 4.79 Å². The van der Waals surface area contributed by atoms with E-state index in [-0.39, 0.29) is 12.5 Å². The quantitative estimate of drug-likeness (QED) is 0.543. The van der Waals surface area contributed by atoms with Gasteiger partial charge in [-0.2, -0.15) is 0 Å². The molecule has 0 fully saturated rings. The number of hydrogen-bond acceptors (Lipinski definition) is 3. The van der Waals surface area contributed by atoms with Crippen molar-refractivity contribution in [2.75, 3.05) is 6.61 Å². The van der Waals surface area contributed by atoms with Crippen molar-refractivity contribution in [3.63, 3.8) is 0 Å². The number of amides is 1. The molecule has 1 heterocycles. The SMILES string of the molecule is CCc1ccc(CN(Cc2ccco2)C(=O)COc2cccc(Cl)c2)cc1. The first-order valence-corrected chi connectivity index (χ1v) is 9.28. The summed E-state index contributed by atoms with van der Waals surface area (Å²) in [5.74, 6) is 1.18. The molecular weight excluding hydrogens is 362 g/mol. The lowest BCUT2D eigenvalue weighted by atomic mass is 10.1. The fourth-order valence-corrected chi connectivity index (χ4v) is 2.90. The van der Waals surface area contributed by atoms with Crippen LogP contribution in [0.15, 0.2) is 71.3 Å². The molecule has 0 saturated carbocycles. The van der Waals surface area contributed by atoms with Gasteiger partial charge in [-0.1, -0.05) is 48.9 Å². The lowest BCUT2D eigenvalue weighted by Crippen LogP contribution is -2.34. The van der Waals surface area contributed by atoms with Crippen LogP contribution in [-0.2, 0) is 24.3 Å². The lowest BCUT2D eigenvalue weighted by molar-refractivity contribution is -0.134. The Kier molecular flexibility index (Phi) is 6.55. The molecule has 5 heteroatoms. The minimum atomic E-state index is -0.119. The Morgan fingerprint density at radius 2 is 1.81 bits per heavy atom. The third kappa shape index (κ3) is 5.63. The molecule has 0 radical (unpaired) electrons. The summed E-state index contributed by atoms with van der Waals surface area (Å²) >= 11 is 5.96. The van der Waals surface area contributed by atoms with Crippen LogP contribution in [0.1, 0.15) is 23.8 Å². The van der Waals surface area contributed by atoms with Gasteiger partial charge in [-0.05, 0) is 47.9 Å². The summed E-state index contributed by atoms with van der Waals surface area (Å²) in [6, 6.07) is 19.0. The first-order chi connectivity index (χ1) is 13.1. The van der Waals surface area contributed by atoms with Crippen LogP contribution in [0.3, 0.4) is 0 Å². The maximum atomic E-state index is 12.8. The normalized spacial score (nSPS) is 10.6. The highest BCUT2D eigenvalue weighted by Crippen LogP contribution is 2.18. The van der Waals surface area contributed by atoms with E-state index < -0.39 is 0 Å². The van der Waals surface area contributed by atoms with Crippen LogP contribution >= 0.6 is 11.6 Å².